The first-order valence-electron chi connectivity index (χ1n) is 8.09. The molecule has 0 bridgehead atoms. The van der Waals surface area contributed by atoms with Crippen molar-refractivity contribution in [3.05, 3.63) is 41.5 Å². The van der Waals surface area contributed by atoms with Gasteiger partial charge in [-0.2, -0.15) is 4.98 Å². The quantitative estimate of drug-likeness (QED) is 0.920. The van der Waals surface area contributed by atoms with Gasteiger partial charge in [-0.05, 0) is 26.0 Å². The summed E-state index contributed by atoms with van der Waals surface area (Å²) in [5.41, 5.74) is 0.555. The summed E-state index contributed by atoms with van der Waals surface area (Å²) in [7, 11) is 0. The highest BCUT2D eigenvalue weighted by atomic mass is 16.5. The van der Waals surface area contributed by atoms with Gasteiger partial charge in [-0.1, -0.05) is 17.3 Å². The van der Waals surface area contributed by atoms with Gasteiger partial charge in [-0.15, -0.1) is 0 Å². The van der Waals surface area contributed by atoms with Crippen LogP contribution >= 0.6 is 0 Å². The number of hydrogen-bond donors (Lipinski definition) is 1. The largest absolute Gasteiger partial charge is 0.485 e. The summed E-state index contributed by atoms with van der Waals surface area (Å²) in [6.07, 6.45) is 0. The minimum absolute atomic E-state index is 0.0184. The fourth-order valence-corrected chi connectivity index (χ4v) is 2.97. The summed E-state index contributed by atoms with van der Waals surface area (Å²) in [4.78, 5) is 18.9. The zero-order valence-electron chi connectivity index (χ0n) is 14.2. The third-order valence-electron chi connectivity index (χ3n) is 3.89. The molecule has 1 aromatic heterocycles. The number of carbonyl (C=O) groups is 1. The van der Waals surface area contributed by atoms with E-state index in [0.29, 0.717) is 36.1 Å². The number of ether oxygens (including phenoxy) is 1. The molecule has 1 aromatic carbocycles. The van der Waals surface area contributed by atoms with Crippen LogP contribution in [0.5, 0.6) is 5.75 Å². The molecule has 0 radical (unpaired) electrons. The van der Waals surface area contributed by atoms with Crippen molar-refractivity contribution in [1.82, 2.24) is 20.4 Å². The van der Waals surface area contributed by atoms with Crippen LogP contribution in [0.2, 0.25) is 0 Å². The topological polar surface area (TPSA) is 80.5 Å². The van der Waals surface area contributed by atoms with Crippen LogP contribution in [0.3, 0.4) is 0 Å². The van der Waals surface area contributed by atoms with Crippen LogP contribution in [0.15, 0.2) is 28.8 Å². The standard InChI is InChI=1S/C17H22N4O3/c1-11-8-21(9-12(2)18-11)17(22)14-6-4-5-7-15(14)23-10-16-19-13(3)24-20-16/h4-7,11-12,18H,8-10H2,1-3H3/t11-,12+. The van der Waals surface area contributed by atoms with Gasteiger partial charge in [-0.25, -0.2) is 0 Å². The maximum absolute atomic E-state index is 12.9. The molecule has 24 heavy (non-hydrogen) atoms. The lowest BCUT2D eigenvalue weighted by Crippen LogP contribution is -2.55. The molecule has 1 aliphatic heterocycles. The van der Waals surface area contributed by atoms with E-state index in [9.17, 15) is 4.79 Å². The van der Waals surface area contributed by atoms with Gasteiger partial charge in [0.15, 0.2) is 6.61 Å². The van der Waals surface area contributed by atoms with Crippen molar-refractivity contribution in [3.63, 3.8) is 0 Å². The molecule has 0 unspecified atom stereocenters. The van der Waals surface area contributed by atoms with Gasteiger partial charge in [0.1, 0.15) is 5.75 Å². The number of piperazine rings is 1. The number of benzene rings is 1. The summed E-state index contributed by atoms with van der Waals surface area (Å²) in [6.45, 7) is 7.41. The number of para-hydroxylation sites is 1. The van der Waals surface area contributed by atoms with Crippen LogP contribution in [-0.2, 0) is 6.61 Å². The lowest BCUT2D eigenvalue weighted by atomic mass is 10.1. The minimum Gasteiger partial charge on any atom is -0.485 e. The van der Waals surface area contributed by atoms with E-state index in [2.05, 4.69) is 29.3 Å². The SMILES string of the molecule is Cc1nc(COc2ccccc2C(=O)N2C[C@@H](C)N[C@@H](C)C2)no1. The Labute approximate surface area is 141 Å². The molecule has 3 rings (SSSR count). The molecule has 7 heteroatoms. The van der Waals surface area contributed by atoms with Crippen LogP contribution in [-0.4, -0.2) is 46.1 Å². The molecule has 7 nitrogen and oxygen atoms in total. The number of aryl methyl sites for hydroxylation is 1. The fourth-order valence-electron chi connectivity index (χ4n) is 2.97. The number of amides is 1. The maximum Gasteiger partial charge on any atom is 0.257 e. The minimum atomic E-state index is -0.0184. The first-order valence-corrected chi connectivity index (χ1v) is 8.09. The van der Waals surface area contributed by atoms with Gasteiger partial charge in [0.2, 0.25) is 11.7 Å². The lowest BCUT2D eigenvalue weighted by molar-refractivity contribution is 0.0669. The second kappa shape index (κ2) is 7.00. The number of aromatic nitrogens is 2. The molecule has 2 heterocycles. The van der Waals surface area contributed by atoms with E-state index in [1.165, 1.54) is 0 Å². The summed E-state index contributed by atoms with van der Waals surface area (Å²) >= 11 is 0. The highest BCUT2D eigenvalue weighted by Gasteiger charge is 2.27. The molecule has 1 aliphatic rings. The zero-order chi connectivity index (χ0) is 17.1. The number of carbonyl (C=O) groups excluding carboxylic acids is 1. The van der Waals surface area contributed by atoms with Gasteiger partial charge in [0.25, 0.3) is 5.91 Å². The molecule has 0 spiro atoms. The third-order valence-corrected chi connectivity index (χ3v) is 3.89. The molecule has 1 fully saturated rings. The van der Waals surface area contributed by atoms with Gasteiger partial charge in [0.05, 0.1) is 5.56 Å². The smallest absolute Gasteiger partial charge is 0.257 e. The molecule has 1 N–H and O–H groups in total. The second-order valence-corrected chi connectivity index (χ2v) is 6.19. The first kappa shape index (κ1) is 16.4. The molecule has 1 amide bonds. The van der Waals surface area contributed by atoms with Crippen LogP contribution in [0.25, 0.3) is 0 Å². The average Bonchev–Trinajstić information content (AvgIpc) is 2.97. The summed E-state index contributed by atoms with van der Waals surface area (Å²) in [5, 5.41) is 7.23. The van der Waals surface area contributed by atoms with Gasteiger partial charge >= 0.3 is 0 Å². The molecule has 0 aliphatic carbocycles. The predicted molar refractivity (Wildman–Crippen MR) is 87.8 cm³/mol. The zero-order valence-corrected chi connectivity index (χ0v) is 14.2. The highest BCUT2D eigenvalue weighted by molar-refractivity contribution is 5.97. The molecular formula is C17H22N4O3. The summed E-state index contributed by atoms with van der Waals surface area (Å²) in [6, 6.07) is 7.80. The fraction of sp³-hybridized carbons (Fsp3) is 0.471. The molecule has 2 aromatic rings. The molecular weight excluding hydrogens is 308 g/mol. The normalized spacial score (nSPS) is 20.9. The number of hydrogen-bond acceptors (Lipinski definition) is 6. The molecule has 1 saturated heterocycles. The third kappa shape index (κ3) is 3.73. The van der Waals surface area contributed by atoms with Crippen molar-refractivity contribution in [2.75, 3.05) is 13.1 Å². The van der Waals surface area contributed by atoms with Crippen LogP contribution in [0, 0.1) is 6.92 Å². The van der Waals surface area contributed by atoms with Crippen molar-refractivity contribution < 1.29 is 14.1 Å². The molecule has 128 valence electrons. The van der Waals surface area contributed by atoms with Crippen molar-refractivity contribution in [1.29, 1.82) is 0 Å². The summed E-state index contributed by atoms with van der Waals surface area (Å²) in [5.74, 6) is 1.46. The Balaban J connectivity index is 1.74. The average molecular weight is 330 g/mol. The van der Waals surface area contributed by atoms with Gasteiger partial charge in [-0.3, -0.25) is 4.79 Å². The van der Waals surface area contributed by atoms with Gasteiger partial charge < -0.3 is 19.5 Å². The highest BCUT2D eigenvalue weighted by Crippen LogP contribution is 2.22. The maximum atomic E-state index is 12.9. The second-order valence-electron chi connectivity index (χ2n) is 6.19. The lowest BCUT2D eigenvalue weighted by Gasteiger charge is -2.36. The summed E-state index contributed by atoms with van der Waals surface area (Å²) < 4.78 is 10.7. The Bertz CT molecular complexity index is 705. The van der Waals surface area contributed by atoms with E-state index < -0.39 is 0 Å². The Kier molecular flexibility index (Phi) is 4.80. The van der Waals surface area contributed by atoms with E-state index in [1.54, 1.807) is 19.1 Å². The number of nitrogens with one attached hydrogen (secondary N) is 1. The first-order chi connectivity index (χ1) is 11.5. The van der Waals surface area contributed by atoms with Crippen molar-refractivity contribution in [2.45, 2.75) is 39.5 Å². The Morgan fingerprint density at radius 3 is 2.71 bits per heavy atom. The van der Waals surface area contributed by atoms with E-state index in [1.807, 2.05) is 17.0 Å². The number of rotatable bonds is 4. The predicted octanol–water partition coefficient (Wildman–Crippen LogP) is 1.78. The molecule has 2 atom stereocenters. The van der Waals surface area contributed by atoms with Crippen LogP contribution < -0.4 is 10.1 Å². The Hall–Kier alpha value is -2.41. The van der Waals surface area contributed by atoms with E-state index in [0.717, 1.165) is 0 Å². The van der Waals surface area contributed by atoms with Crippen molar-refractivity contribution >= 4 is 5.91 Å². The van der Waals surface area contributed by atoms with Crippen LogP contribution in [0.1, 0.15) is 35.9 Å². The van der Waals surface area contributed by atoms with E-state index >= 15 is 0 Å². The number of nitrogens with zero attached hydrogens (tertiary/aromatic N) is 3. The molecule has 0 saturated carbocycles. The van der Waals surface area contributed by atoms with Gasteiger partial charge in [0, 0.05) is 32.1 Å². The van der Waals surface area contributed by atoms with Crippen molar-refractivity contribution in [3.8, 4) is 5.75 Å². The van der Waals surface area contributed by atoms with Crippen molar-refractivity contribution in [2.24, 2.45) is 0 Å². The Morgan fingerprint density at radius 2 is 2.04 bits per heavy atom. The van der Waals surface area contributed by atoms with Crippen LogP contribution in [0.4, 0.5) is 0 Å². The Morgan fingerprint density at radius 1 is 1.33 bits per heavy atom. The van der Waals surface area contributed by atoms with E-state index in [4.69, 9.17) is 9.26 Å². The van der Waals surface area contributed by atoms with E-state index in [-0.39, 0.29) is 24.6 Å². The monoisotopic (exact) mass is 330 g/mol.